The summed E-state index contributed by atoms with van der Waals surface area (Å²) in [7, 11) is 0. The molecular weight excluding hydrogens is 347 g/mol. The average Bonchev–Trinajstić information content (AvgIpc) is 2.59. The monoisotopic (exact) mass is 361 g/mol. The number of rotatable bonds is 5. The lowest BCUT2D eigenvalue weighted by molar-refractivity contribution is -0.137. The highest BCUT2D eigenvalue weighted by Crippen LogP contribution is 2.29. The second-order valence-corrected chi connectivity index (χ2v) is 5.26. The Balaban J connectivity index is 2.21. The highest BCUT2D eigenvalue weighted by molar-refractivity contribution is 5.88. The fourth-order valence-corrected chi connectivity index (χ4v) is 2.16. The molecule has 0 bridgehead atoms. The smallest absolute Gasteiger partial charge is 0.417 e. The van der Waals surface area contributed by atoms with E-state index in [4.69, 9.17) is 5.73 Å². The third-order valence-corrected chi connectivity index (χ3v) is 3.38. The van der Waals surface area contributed by atoms with Crippen molar-refractivity contribution in [3.05, 3.63) is 65.0 Å². The number of amides is 1. The van der Waals surface area contributed by atoms with E-state index in [-0.39, 0.29) is 17.9 Å². The van der Waals surface area contributed by atoms with Crippen LogP contribution in [0.3, 0.4) is 0 Å². The van der Waals surface area contributed by atoms with Gasteiger partial charge in [-0.05, 0) is 29.3 Å². The summed E-state index contributed by atoms with van der Waals surface area (Å²) in [6.45, 7) is 0.119. The summed E-state index contributed by atoms with van der Waals surface area (Å²) >= 11 is 0. The number of hydrogen-bond donors (Lipinski definition) is 1. The van der Waals surface area contributed by atoms with Gasteiger partial charge in [-0.3, -0.25) is 4.98 Å². The Kier molecular flexibility index (Phi) is 5.96. The second kappa shape index (κ2) is 8.16. The molecule has 0 unspecified atom stereocenters. The maximum absolute atomic E-state index is 12.6. The molecule has 0 atom stereocenters. The van der Waals surface area contributed by atoms with Crippen molar-refractivity contribution < 1.29 is 22.7 Å². The first kappa shape index (κ1) is 19.0. The Morgan fingerprint density at radius 1 is 1.31 bits per heavy atom. The lowest BCUT2D eigenvalue weighted by Crippen LogP contribution is -2.14. The molecule has 0 aliphatic carbocycles. The van der Waals surface area contributed by atoms with Crippen LogP contribution in [0.5, 0.6) is 0 Å². The molecule has 0 spiro atoms. The number of benzene rings is 1. The zero-order valence-corrected chi connectivity index (χ0v) is 13.5. The molecule has 5 nitrogen and oxygen atoms in total. The van der Waals surface area contributed by atoms with Gasteiger partial charge >= 0.3 is 12.3 Å². The van der Waals surface area contributed by atoms with E-state index in [1.54, 1.807) is 18.2 Å². The van der Waals surface area contributed by atoms with Crippen molar-refractivity contribution >= 4 is 17.7 Å². The molecule has 134 valence electrons. The van der Waals surface area contributed by atoms with E-state index in [0.29, 0.717) is 18.2 Å². The van der Waals surface area contributed by atoms with Crippen molar-refractivity contribution in [1.29, 1.82) is 5.26 Å². The maximum atomic E-state index is 12.6. The van der Waals surface area contributed by atoms with Gasteiger partial charge in [-0.2, -0.15) is 18.4 Å². The zero-order chi connectivity index (χ0) is 19.2. The molecule has 1 heterocycles. The van der Waals surface area contributed by atoms with E-state index in [1.165, 1.54) is 6.08 Å². The van der Waals surface area contributed by atoms with Gasteiger partial charge in [0.25, 0.3) is 0 Å². The Morgan fingerprint density at radius 3 is 2.65 bits per heavy atom. The molecule has 8 heteroatoms. The van der Waals surface area contributed by atoms with Gasteiger partial charge in [0.2, 0.25) is 0 Å². The quantitative estimate of drug-likeness (QED) is 0.820. The normalized spacial score (nSPS) is 11.7. The molecule has 26 heavy (non-hydrogen) atoms. The third kappa shape index (κ3) is 5.34. The molecule has 1 aromatic carbocycles. The van der Waals surface area contributed by atoms with Crippen LogP contribution >= 0.6 is 0 Å². The van der Waals surface area contributed by atoms with Crippen molar-refractivity contribution in [2.45, 2.75) is 12.6 Å². The molecule has 1 amide bonds. The van der Waals surface area contributed by atoms with E-state index in [9.17, 15) is 23.2 Å². The number of aromatic nitrogens is 1. The fraction of sp³-hybridized carbons (Fsp3) is 0.167. The number of nitriles is 1. The molecule has 0 saturated heterocycles. The predicted molar refractivity (Wildman–Crippen MR) is 88.4 cm³/mol. The summed E-state index contributed by atoms with van der Waals surface area (Å²) < 4.78 is 42.4. The first-order chi connectivity index (χ1) is 12.3. The molecule has 2 rings (SSSR count). The van der Waals surface area contributed by atoms with E-state index >= 15 is 0 Å². The molecule has 2 aromatic rings. The van der Waals surface area contributed by atoms with Crippen LogP contribution in [-0.2, 0) is 17.3 Å². The highest BCUT2D eigenvalue weighted by Gasteiger charge is 2.30. The van der Waals surface area contributed by atoms with Crippen molar-refractivity contribution in [3.8, 4) is 6.07 Å². The first-order valence-electron chi connectivity index (χ1n) is 7.46. The predicted octanol–water partition coefficient (Wildman–Crippen LogP) is 3.80. The minimum Gasteiger partial charge on any atom is -0.449 e. The largest absolute Gasteiger partial charge is 0.449 e. The molecule has 2 N–H and O–H groups in total. The lowest BCUT2D eigenvalue weighted by atomic mass is 10.0. The number of halogens is 3. The number of ether oxygens (including phenoxy) is 1. The summed E-state index contributed by atoms with van der Waals surface area (Å²) in [5.41, 5.74) is 5.79. The number of pyridine rings is 1. The third-order valence-electron chi connectivity index (χ3n) is 3.38. The summed E-state index contributed by atoms with van der Waals surface area (Å²) in [5, 5.41) is 9.29. The Hall–Kier alpha value is -3.34. The molecule has 0 aliphatic rings. The van der Waals surface area contributed by atoms with E-state index < -0.39 is 17.8 Å². The average molecular weight is 361 g/mol. The van der Waals surface area contributed by atoms with Crippen molar-refractivity contribution in [1.82, 2.24) is 4.98 Å². The summed E-state index contributed by atoms with van der Waals surface area (Å²) in [6, 6.07) is 11.0. The SMILES string of the molecule is N#CC(=Cc1cccc(CCOC(N)=O)c1)c1ccc(C(F)(F)F)cn1. The second-order valence-electron chi connectivity index (χ2n) is 5.26. The minimum atomic E-state index is -4.48. The minimum absolute atomic E-state index is 0.119. The molecule has 1 aromatic heterocycles. The molecule has 0 aliphatic heterocycles. The van der Waals surface area contributed by atoms with Gasteiger partial charge in [-0.15, -0.1) is 0 Å². The number of allylic oxidation sites excluding steroid dienone is 1. The van der Waals surface area contributed by atoms with Crippen LogP contribution in [0.4, 0.5) is 18.0 Å². The number of nitrogens with zero attached hydrogens (tertiary/aromatic N) is 2. The Labute approximate surface area is 147 Å². The maximum Gasteiger partial charge on any atom is 0.417 e. The van der Waals surface area contributed by atoms with E-state index in [0.717, 1.165) is 17.7 Å². The number of carbonyl (C=O) groups is 1. The van der Waals surface area contributed by atoms with Crippen LogP contribution in [-0.4, -0.2) is 17.7 Å². The van der Waals surface area contributed by atoms with Crippen molar-refractivity contribution in [3.63, 3.8) is 0 Å². The summed E-state index contributed by atoms with van der Waals surface area (Å²) in [5.74, 6) is 0. The fourth-order valence-electron chi connectivity index (χ4n) is 2.16. The van der Waals surface area contributed by atoms with Crippen LogP contribution in [0, 0.1) is 11.3 Å². The van der Waals surface area contributed by atoms with Gasteiger partial charge in [0, 0.05) is 12.6 Å². The van der Waals surface area contributed by atoms with Crippen LogP contribution in [0.15, 0.2) is 42.6 Å². The first-order valence-corrected chi connectivity index (χ1v) is 7.46. The van der Waals surface area contributed by atoms with Crippen LogP contribution in [0.1, 0.15) is 22.4 Å². The van der Waals surface area contributed by atoms with Gasteiger partial charge in [-0.1, -0.05) is 24.3 Å². The molecule has 0 saturated carbocycles. The van der Waals surface area contributed by atoms with E-state index in [2.05, 4.69) is 9.72 Å². The van der Waals surface area contributed by atoms with Crippen LogP contribution < -0.4 is 5.73 Å². The Morgan fingerprint density at radius 2 is 2.08 bits per heavy atom. The molecular formula is C18H14F3N3O2. The highest BCUT2D eigenvalue weighted by atomic mass is 19.4. The van der Waals surface area contributed by atoms with Gasteiger partial charge in [0.15, 0.2) is 0 Å². The standard InChI is InChI=1S/C18H14F3N3O2/c19-18(20,21)15-4-5-16(24-11-15)14(10-22)9-13-3-1-2-12(8-13)6-7-26-17(23)25/h1-5,8-9,11H,6-7H2,(H2,23,25). The van der Waals surface area contributed by atoms with Gasteiger partial charge in [0.1, 0.15) is 6.07 Å². The van der Waals surface area contributed by atoms with Crippen LogP contribution in [0.2, 0.25) is 0 Å². The number of alkyl halides is 3. The van der Waals surface area contributed by atoms with Crippen molar-refractivity contribution in [2.75, 3.05) is 6.61 Å². The zero-order valence-electron chi connectivity index (χ0n) is 13.5. The van der Waals surface area contributed by atoms with E-state index in [1.807, 2.05) is 12.1 Å². The molecule has 0 fully saturated rings. The van der Waals surface area contributed by atoms with Crippen LogP contribution in [0.25, 0.3) is 11.6 Å². The number of nitrogens with two attached hydrogens (primary N) is 1. The number of carbonyl (C=O) groups excluding carboxylic acids is 1. The number of hydrogen-bond acceptors (Lipinski definition) is 4. The lowest BCUT2D eigenvalue weighted by Gasteiger charge is -2.07. The topological polar surface area (TPSA) is 89.0 Å². The van der Waals surface area contributed by atoms with Gasteiger partial charge < -0.3 is 10.5 Å². The van der Waals surface area contributed by atoms with Gasteiger partial charge in [0.05, 0.1) is 23.4 Å². The van der Waals surface area contributed by atoms with Crippen molar-refractivity contribution in [2.24, 2.45) is 5.73 Å². The summed E-state index contributed by atoms with van der Waals surface area (Å²) in [4.78, 5) is 14.3. The number of primary amides is 1. The van der Waals surface area contributed by atoms with Gasteiger partial charge in [-0.25, -0.2) is 4.79 Å². The summed E-state index contributed by atoms with van der Waals surface area (Å²) in [6.07, 6.45) is -2.69. The molecule has 0 radical (unpaired) electrons. The Bertz CT molecular complexity index is 853.